The van der Waals surface area contributed by atoms with Crippen molar-refractivity contribution in [3.8, 4) is 0 Å². The van der Waals surface area contributed by atoms with E-state index in [1.165, 1.54) is 0 Å². The summed E-state index contributed by atoms with van der Waals surface area (Å²) in [5.41, 5.74) is 0. The van der Waals surface area contributed by atoms with E-state index in [9.17, 15) is 4.80 Å². The van der Waals surface area contributed by atoms with Gasteiger partial charge in [-0.25, -0.2) is 0 Å². The zero-order chi connectivity index (χ0) is 13.0. The van der Waals surface area contributed by atoms with Gasteiger partial charge in [0.25, 0.3) is 0 Å². The highest BCUT2D eigenvalue weighted by Gasteiger charge is 1.97. The van der Waals surface area contributed by atoms with Gasteiger partial charge in [0.1, 0.15) is 0 Å². The van der Waals surface area contributed by atoms with E-state index in [2.05, 4.69) is 26.2 Å². The zero-order valence-electron chi connectivity index (χ0n) is 12.0. The van der Waals surface area contributed by atoms with Crippen LogP contribution in [-0.4, -0.2) is 46.4 Å². The molecule has 0 amide bonds. The van der Waals surface area contributed by atoms with E-state index in [4.69, 9.17) is 8.91 Å². The minimum absolute atomic E-state index is 0. The number of rotatable bonds is 2. The van der Waals surface area contributed by atoms with Crippen LogP contribution in [0.2, 0.25) is 52.4 Å². The Labute approximate surface area is 108 Å². The molecule has 0 aromatic carbocycles. The molecule has 0 fully saturated rings. The van der Waals surface area contributed by atoms with Crippen LogP contribution in [0.15, 0.2) is 0 Å². The minimum atomic E-state index is -1.39. The van der Waals surface area contributed by atoms with Crippen molar-refractivity contribution < 1.29 is 19.2 Å². The van der Waals surface area contributed by atoms with Crippen LogP contribution in [0.3, 0.4) is 0 Å². The lowest BCUT2D eigenvalue weighted by Gasteiger charge is -2.07. The van der Waals surface area contributed by atoms with Gasteiger partial charge >= 0.3 is 0 Å². The molecule has 8 heteroatoms. The van der Waals surface area contributed by atoms with Crippen molar-refractivity contribution in [1.29, 1.82) is 0 Å². The van der Waals surface area contributed by atoms with E-state index in [0.717, 1.165) is 0 Å². The van der Waals surface area contributed by atoms with Crippen molar-refractivity contribution >= 4 is 36.2 Å². The van der Waals surface area contributed by atoms with Gasteiger partial charge in [0, 0.05) is 0 Å². The quantitative estimate of drug-likeness (QED) is 0.733. The first kappa shape index (κ1) is 25.5. The average molecular weight is 303 g/mol. The van der Waals surface area contributed by atoms with Gasteiger partial charge in [0.05, 0.1) is 0 Å². The first-order valence-corrected chi connectivity index (χ1v) is 16.8. The van der Waals surface area contributed by atoms with Crippen molar-refractivity contribution in [2.75, 3.05) is 0 Å². The lowest BCUT2D eigenvalue weighted by atomic mass is 11.9. The molecule has 0 atom stereocenters. The van der Waals surface area contributed by atoms with Crippen LogP contribution in [0.4, 0.5) is 0 Å². The maximum atomic E-state index is 9.67. The molecule has 0 aliphatic heterocycles. The molecule has 0 heterocycles. The van der Waals surface area contributed by atoms with Crippen LogP contribution in [0.25, 0.3) is 0 Å². The smallest absolute Gasteiger partial charge is 0.166 e. The zero-order valence-corrected chi connectivity index (χ0v) is 16.6. The van der Waals surface area contributed by atoms with E-state index in [0.29, 0.717) is 0 Å². The van der Waals surface area contributed by atoms with E-state index >= 15 is 0 Å². The molecule has 0 spiro atoms. The second kappa shape index (κ2) is 18.1. The standard InChI is InChI=1S/C4H14OSi2.C2H8OSi.C2H7OSi.H2O/c1-6(2)5-7(3)4;2*1-4(2)3;/h6-7H,1-4H3;3-4H,1-2H3;4H,1-2H3;1H2/q;;-1;/p-1. The Morgan fingerprint density at radius 2 is 0.938 bits per heavy atom. The summed E-state index contributed by atoms with van der Waals surface area (Å²) < 4.78 is 5.53. The molecule has 0 saturated carbocycles. The summed E-state index contributed by atoms with van der Waals surface area (Å²) >= 11 is 0. The highest BCUT2D eigenvalue weighted by atomic mass is 28.4. The molecule has 104 valence electrons. The third-order valence-corrected chi connectivity index (χ3v) is 4.90. The molecule has 0 aromatic heterocycles. The van der Waals surface area contributed by atoms with Crippen LogP contribution in [-0.2, 0) is 4.12 Å². The van der Waals surface area contributed by atoms with Crippen LogP contribution in [0.1, 0.15) is 0 Å². The summed E-state index contributed by atoms with van der Waals surface area (Å²) in [6.07, 6.45) is 0. The topological polar surface area (TPSA) is 82.5 Å². The first-order valence-electron chi connectivity index (χ1n) is 5.58. The predicted octanol–water partition coefficient (Wildman–Crippen LogP) is 0.0852. The van der Waals surface area contributed by atoms with Crippen LogP contribution in [0.5, 0.6) is 0 Å². The summed E-state index contributed by atoms with van der Waals surface area (Å²) in [7, 11) is -3.86. The summed E-state index contributed by atoms with van der Waals surface area (Å²) in [6, 6.07) is 0. The molecule has 2 N–H and O–H groups in total. The molecule has 0 unspecified atom stereocenters. The Bertz CT molecular complexity index is 94.7. The van der Waals surface area contributed by atoms with Crippen molar-refractivity contribution in [3.05, 3.63) is 0 Å². The highest BCUT2D eigenvalue weighted by molar-refractivity contribution is 6.63. The molecule has 16 heavy (non-hydrogen) atoms. The Kier molecular flexibility index (Phi) is 28.9. The summed E-state index contributed by atoms with van der Waals surface area (Å²) in [4.78, 5) is 17.9. The third-order valence-electron chi connectivity index (χ3n) is 0.544. The Morgan fingerprint density at radius 1 is 0.812 bits per heavy atom. The van der Waals surface area contributed by atoms with Gasteiger partial charge in [-0.15, -0.1) is 0 Å². The van der Waals surface area contributed by atoms with Gasteiger partial charge in [-0.1, -0.05) is 22.1 Å². The highest BCUT2D eigenvalue weighted by Crippen LogP contribution is 1.87. The number of hydrogen-bond acceptors (Lipinski definition) is 4. The lowest BCUT2D eigenvalue weighted by molar-refractivity contribution is -0.190. The fourth-order valence-electron chi connectivity index (χ4n) is 0.544. The molecule has 0 bridgehead atoms. The normalized spacial score (nSPS) is 9.38. The second-order valence-electron chi connectivity index (χ2n) is 4.38. The Balaban J connectivity index is -0.0000000700. The lowest BCUT2D eigenvalue weighted by Crippen LogP contribution is -2.20. The molecule has 0 aliphatic rings. The fourth-order valence-corrected chi connectivity index (χ4v) is 4.90. The van der Waals surface area contributed by atoms with Gasteiger partial charge in [0.15, 0.2) is 27.1 Å². The summed E-state index contributed by atoms with van der Waals surface area (Å²) in [5.74, 6) is 0. The van der Waals surface area contributed by atoms with Crippen LogP contribution >= 0.6 is 0 Å². The Morgan fingerprint density at radius 3 is 0.938 bits per heavy atom. The third kappa shape index (κ3) is 125. The molecule has 0 rings (SSSR count). The molecule has 0 aromatic rings. The summed E-state index contributed by atoms with van der Waals surface area (Å²) in [5, 5.41) is 0. The van der Waals surface area contributed by atoms with E-state index in [1.54, 1.807) is 13.1 Å². The monoisotopic (exact) mass is 302 g/mol. The van der Waals surface area contributed by atoms with Crippen molar-refractivity contribution in [1.82, 2.24) is 0 Å². The van der Waals surface area contributed by atoms with Crippen LogP contribution in [0, 0.1) is 0 Å². The molecule has 0 saturated heterocycles. The van der Waals surface area contributed by atoms with Crippen molar-refractivity contribution in [2.24, 2.45) is 0 Å². The van der Waals surface area contributed by atoms with Crippen molar-refractivity contribution in [3.63, 3.8) is 0 Å². The van der Waals surface area contributed by atoms with Gasteiger partial charge in [-0.3, -0.25) is 0 Å². The van der Waals surface area contributed by atoms with Gasteiger partial charge < -0.3 is 19.2 Å². The minimum Gasteiger partial charge on any atom is -0.870 e. The van der Waals surface area contributed by atoms with E-state index in [1.807, 2.05) is 13.1 Å². The first-order chi connectivity index (χ1) is 6.59. The maximum absolute atomic E-state index is 9.67. The van der Waals surface area contributed by atoms with E-state index in [-0.39, 0.29) is 5.48 Å². The largest absolute Gasteiger partial charge is 0.870 e. The number of hydrogen-bond donors (Lipinski definition) is 1. The van der Waals surface area contributed by atoms with Crippen molar-refractivity contribution in [2.45, 2.75) is 52.4 Å². The second-order valence-corrected chi connectivity index (χ2v) is 13.9. The molecule has 0 aliphatic carbocycles. The molecular formula is C8H30O4Si4-2. The van der Waals surface area contributed by atoms with Crippen LogP contribution < -0.4 is 4.80 Å². The van der Waals surface area contributed by atoms with Gasteiger partial charge in [-0.05, 0) is 39.3 Å². The molecule has 4 nitrogen and oxygen atoms in total. The maximum Gasteiger partial charge on any atom is 0.166 e. The molecule has 0 radical (unpaired) electrons. The SMILES string of the molecule is C[SiH](C)O.C[SiH](C)O[SiH](C)C.C[SiH](C)[O-].[OH-]. The fraction of sp³-hybridized carbons (Fsp3) is 1.00. The van der Waals surface area contributed by atoms with Gasteiger partial charge in [0.2, 0.25) is 0 Å². The Hall–Kier alpha value is 0.708. The molecular weight excluding hydrogens is 272 g/mol. The van der Waals surface area contributed by atoms with Gasteiger partial charge in [-0.2, -0.15) is 0 Å². The predicted molar refractivity (Wildman–Crippen MR) is 80.7 cm³/mol. The van der Waals surface area contributed by atoms with E-state index < -0.39 is 36.2 Å². The summed E-state index contributed by atoms with van der Waals surface area (Å²) in [6.45, 7) is 16.1. The average Bonchev–Trinajstić information content (AvgIpc) is 1.78.